The third-order valence-corrected chi connectivity index (χ3v) is 2.65. The van der Waals surface area contributed by atoms with Gasteiger partial charge in [0.15, 0.2) is 0 Å². The predicted octanol–water partition coefficient (Wildman–Crippen LogP) is 1.93. The van der Waals surface area contributed by atoms with E-state index in [0.717, 1.165) is 18.7 Å². The summed E-state index contributed by atoms with van der Waals surface area (Å²) in [7, 11) is 0. The zero-order valence-electron chi connectivity index (χ0n) is 8.66. The maximum atomic E-state index is 13.3. The summed E-state index contributed by atoms with van der Waals surface area (Å²) < 4.78 is 13.3. The van der Waals surface area contributed by atoms with Crippen LogP contribution in [0.25, 0.3) is 0 Å². The fourth-order valence-electron chi connectivity index (χ4n) is 1.48. The molecular formula is C11H13FN2O2. The molecule has 1 aliphatic rings. The van der Waals surface area contributed by atoms with Crippen LogP contribution in [0.5, 0.6) is 0 Å². The lowest BCUT2D eigenvalue weighted by Gasteiger charge is -2.10. The van der Waals surface area contributed by atoms with Crippen molar-refractivity contribution in [2.45, 2.75) is 12.8 Å². The molecule has 0 heterocycles. The van der Waals surface area contributed by atoms with Gasteiger partial charge < -0.3 is 16.2 Å². The molecule has 0 radical (unpaired) electrons. The molecule has 5 heteroatoms. The van der Waals surface area contributed by atoms with Gasteiger partial charge >= 0.3 is 5.97 Å². The Labute approximate surface area is 92.3 Å². The summed E-state index contributed by atoms with van der Waals surface area (Å²) in [5.41, 5.74) is 5.98. The lowest BCUT2D eigenvalue weighted by Crippen LogP contribution is -2.09. The fraction of sp³-hybridized carbons (Fsp3) is 0.364. The maximum absolute atomic E-state index is 13.3. The van der Waals surface area contributed by atoms with Gasteiger partial charge in [0.05, 0.1) is 16.9 Å². The summed E-state index contributed by atoms with van der Waals surface area (Å²) in [4.78, 5) is 10.6. The molecule has 1 aromatic carbocycles. The zero-order valence-corrected chi connectivity index (χ0v) is 8.66. The van der Waals surface area contributed by atoms with Gasteiger partial charge in [-0.2, -0.15) is 0 Å². The Morgan fingerprint density at radius 2 is 2.25 bits per heavy atom. The van der Waals surface area contributed by atoms with Crippen molar-refractivity contribution in [1.82, 2.24) is 0 Å². The van der Waals surface area contributed by atoms with Gasteiger partial charge in [0.25, 0.3) is 0 Å². The molecule has 4 nitrogen and oxygen atoms in total. The number of halogens is 1. The van der Waals surface area contributed by atoms with Crippen molar-refractivity contribution in [3.8, 4) is 0 Å². The van der Waals surface area contributed by atoms with Crippen molar-refractivity contribution in [2.24, 2.45) is 5.92 Å². The average molecular weight is 224 g/mol. The van der Waals surface area contributed by atoms with E-state index >= 15 is 0 Å². The summed E-state index contributed by atoms with van der Waals surface area (Å²) in [5.74, 6) is -1.43. The predicted molar refractivity (Wildman–Crippen MR) is 59.0 cm³/mol. The van der Waals surface area contributed by atoms with Crippen LogP contribution < -0.4 is 11.1 Å². The highest BCUT2D eigenvalue weighted by molar-refractivity contribution is 5.90. The molecule has 86 valence electrons. The molecule has 0 atom stereocenters. The number of hydrogen-bond acceptors (Lipinski definition) is 3. The number of nitrogen functional groups attached to an aromatic ring is 1. The van der Waals surface area contributed by atoms with Crippen molar-refractivity contribution >= 4 is 17.3 Å². The van der Waals surface area contributed by atoms with E-state index in [4.69, 9.17) is 10.8 Å². The van der Waals surface area contributed by atoms with Gasteiger partial charge in [-0.05, 0) is 30.9 Å². The Morgan fingerprint density at radius 3 is 2.81 bits per heavy atom. The van der Waals surface area contributed by atoms with Gasteiger partial charge in [0, 0.05) is 6.54 Å². The highest BCUT2D eigenvalue weighted by Crippen LogP contribution is 2.30. The summed E-state index contributed by atoms with van der Waals surface area (Å²) >= 11 is 0. The second kappa shape index (κ2) is 4.00. The minimum absolute atomic E-state index is 0.263. The van der Waals surface area contributed by atoms with Crippen LogP contribution in [0.4, 0.5) is 15.8 Å². The highest BCUT2D eigenvalue weighted by Gasteiger charge is 2.21. The molecule has 0 saturated heterocycles. The number of nitrogens with two attached hydrogens (primary N) is 1. The van der Waals surface area contributed by atoms with E-state index in [1.807, 2.05) is 0 Å². The first-order valence-corrected chi connectivity index (χ1v) is 5.14. The fourth-order valence-corrected chi connectivity index (χ4v) is 1.48. The van der Waals surface area contributed by atoms with Gasteiger partial charge in [0.2, 0.25) is 0 Å². The molecule has 1 fully saturated rings. The summed E-state index contributed by atoms with van der Waals surface area (Å²) in [5, 5.41) is 11.7. The second-order valence-corrected chi connectivity index (χ2v) is 4.05. The highest BCUT2D eigenvalue weighted by atomic mass is 19.1. The van der Waals surface area contributed by atoms with E-state index in [0.29, 0.717) is 11.6 Å². The van der Waals surface area contributed by atoms with Crippen LogP contribution in [0.1, 0.15) is 23.2 Å². The SMILES string of the molecule is Nc1cc(C(=O)O)c(F)cc1NCC1CC1. The van der Waals surface area contributed by atoms with Crippen LogP contribution in [0.2, 0.25) is 0 Å². The van der Waals surface area contributed by atoms with Crippen LogP contribution in [-0.4, -0.2) is 17.6 Å². The van der Waals surface area contributed by atoms with E-state index in [-0.39, 0.29) is 5.69 Å². The largest absolute Gasteiger partial charge is 0.478 e. The molecule has 4 N–H and O–H groups in total. The molecule has 0 bridgehead atoms. The maximum Gasteiger partial charge on any atom is 0.338 e. The number of carbonyl (C=O) groups is 1. The number of carboxylic acids is 1. The first kappa shape index (κ1) is 10.7. The van der Waals surface area contributed by atoms with Crippen molar-refractivity contribution in [3.63, 3.8) is 0 Å². The van der Waals surface area contributed by atoms with Gasteiger partial charge in [0.1, 0.15) is 5.82 Å². The Hall–Kier alpha value is -1.78. The number of carboxylic acid groups (broad SMARTS) is 1. The molecule has 1 aromatic rings. The number of benzene rings is 1. The smallest absolute Gasteiger partial charge is 0.338 e. The molecule has 0 amide bonds. The lowest BCUT2D eigenvalue weighted by atomic mass is 10.1. The Morgan fingerprint density at radius 1 is 1.56 bits per heavy atom. The van der Waals surface area contributed by atoms with Crippen LogP contribution in [0.15, 0.2) is 12.1 Å². The number of aromatic carboxylic acids is 1. The van der Waals surface area contributed by atoms with Gasteiger partial charge in [-0.3, -0.25) is 0 Å². The van der Waals surface area contributed by atoms with E-state index in [1.54, 1.807) is 0 Å². The van der Waals surface area contributed by atoms with Crippen molar-refractivity contribution in [1.29, 1.82) is 0 Å². The van der Waals surface area contributed by atoms with E-state index in [1.165, 1.54) is 12.8 Å². The third-order valence-electron chi connectivity index (χ3n) is 2.65. The molecule has 2 rings (SSSR count). The molecule has 0 spiro atoms. The van der Waals surface area contributed by atoms with E-state index in [9.17, 15) is 9.18 Å². The van der Waals surface area contributed by atoms with Crippen molar-refractivity contribution in [2.75, 3.05) is 17.6 Å². The minimum atomic E-state index is -1.31. The molecule has 16 heavy (non-hydrogen) atoms. The van der Waals surface area contributed by atoms with Crippen LogP contribution >= 0.6 is 0 Å². The first-order valence-electron chi connectivity index (χ1n) is 5.14. The number of rotatable bonds is 4. The average Bonchev–Trinajstić information content (AvgIpc) is 3.02. The van der Waals surface area contributed by atoms with Gasteiger partial charge in [-0.15, -0.1) is 0 Å². The van der Waals surface area contributed by atoms with Gasteiger partial charge in [-0.1, -0.05) is 0 Å². The number of hydrogen-bond donors (Lipinski definition) is 3. The molecule has 0 unspecified atom stereocenters. The molecule has 0 aliphatic heterocycles. The summed E-state index contributed by atoms with van der Waals surface area (Å²) in [6.45, 7) is 0.760. The van der Waals surface area contributed by atoms with Crippen LogP contribution in [0.3, 0.4) is 0 Å². The number of nitrogens with one attached hydrogen (secondary N) is 1. The monoisotopic (exact) mass is 224 g/mol. The van der Waals surface area contributed by atoms with E-state index < -0.39 is 17.3 Å². The third kappa shape index (κ3) is 2.24. The minimum Gasteiger partial charge on any atom is -0.478 e. The summed E-state index contributed by atoms with van der Waals surface area (Å²) in [6.07, 6.45) is 2.37. The molecule has 0 aromatic heterocycles. The second-order valence-electron chi connectivity index (χ2n) is 4.05. The Bertz CT molecular complexity index is 430. The van der Waals surface area contributed by atoms with E-state index in [2.05, 4.69) is 5.32 Å². The standard InChI is InChI=1S/C11H13FN2O2/c12-8-4-10(14-5-6-1-2-6)9(13)3-7(8)11(15)16/h3-4,6,14H,1-2,5,13H2,(H,15,16). The van der Waals surface area contributed by atoms with Crippen LogP contribution in [-0.2, 0) is 0 Å². The quantitative estimate of drug-likeness (QED) is 0.683. The Balaban J connectivity index is 2.18. The lowest BCUT2D eigenvalue weighted by molar-refractivity contribution is 0.0692. The molecule has 1 saturated carbocycles. The first-order chi connectivity index (χ1) is 7.58. The van der Waals surface area contributed by atoms with Crippen molar-refractivity contribution in [3.05, 3.63) is 23.5 Å². The van der Waals surface area contributed by atoms with Gasteiger partial charge in [-0.25, -0.2) is 9.18 Å². The molecule has 1 aliphatic carbocycles. The number of anilines is 2. The Kier molecular flexibility index (Phi) is 2.68. The summed E-state index contributed by atoms with van der Waals surface area (Å²) in [6, 6.07) is 2.29. The normalized spacial score (nSPS) is 14.8. The topological polar surface area (TPSA) is 75.4 Å². The van der Waals surface area contributed by atoms with Crippen LogP contribution in [0, 0.1) is 11.7 Å². The molecular weight excluding hydrogens is 211 g/mol. The van der Waals surface area contributed by atoms with Crippen molar-refractivity contribution < 1.29 is 14.3 Å². The zero-order chi connectivity index (χ0) is 11.7.